The Balaban J connectivity index is 0.000000705. The lowest BCUT2D eigenvalue weighted by Crippen LogP contribution is -3.11. The van der Waals surface area contributed by atoms with Crippen molar-refractivity contribution in [2.45, 2.75) is 58.4 Å². The van der Waals surface area contributed by atoms with Crippen LogP contribution in [0.1, 0.15) is 80.2 Å². The van der Waals surface area contributed by atoms with Gasteiger partial charge in [-0.25, -0.2) is 13.2 Å². The van der Waals surface area contributed by atoms with Gasteiger partial charge in [0, 0.05) is 29.1 Å². The van der Waals surface area contributed by atoms with Gasteiger partial charge < -0.3 is 19.1 Å². The lowest BCUT2D eigenvalue weighted by molar-refractivity contribution is -0.894. The van der Waals surface area contributed by atoms with Crippen LogP contribution in [-0.2, 0) is 19.6 Å². The Morgan fingerprint density at radius 2 is 1.47 bits per heavy atom. The van der Waals surface area contributed by atoms with E-state index in [1.54, 1.807) is 4.90 Å². The Morgan fingerprint density at radius 3 is 2.02 bits per heavy atom. The molecule has 2 atom stereocenters. The number of nitrogens with zero attached hydrogens (tertiary/aromatic N) is 2. The fourth-order valence-corrected chi connectivity index (χ4v) is 7.77. The van der Waals surface area contributed by atoms with E-state index in [9.17, 15) is 23.0 Å². The van der Waals surface area contributed by atoms with Gasteiger partial charge in [-0.1, -0.05) is 85.3 Å². The van der Waals surface area contributed by atoms with Gasteiger partial charge >= 0.3 is 5.97 Å². The van der Waals surface area contributed by atoms with Crippen molar-refractivity contribution in [2.75, 3.05) is 36.9 Å². The third-order valence-corrected chi connectivity index (χ3v) is 10.9. The molecular formula is C44H49N3O5S. The fraction of sp³-hybridized carbons (Fsp3) is 0.318. The Bertz CT molecular complexity index is 1990. The normalized spacial score (nSPS) is 16.2. The van der Waals surface area contributed by atoms with Gasteiger partial charge in [0.1, 0.15) is 11.6 Å². The molecular weight excluding hydrogens is 683 g/mol. The highest BCUT2D eigenvalue weighted by molar-refractivity contribution is 7.85. The first-order chi connectivity index (χ1) is 25.6. The molecule has 4 aromatic rings. The first-order valence-electron chi connectivity index (χ1n) is 18.6. The van der Waals surface area contributed by atoms with Gasteiger partial charge in [0.2, 0.25) is 0 Å². The van der Waals surface area contributed by atoms with Crippen molar-refractivity contribution in [2.24, 2.45) is 0 Å². The van der Waals surface area contributed by atoms with E-state index >= 15 is 0 Å². The molecule has 0 aromatic heterocycles. The van der Waals surface area contributed by atoms with Crippen LogP contribution < -0.4 is 9.80 Å². The van der Waals surface area contributed by atoms with Crippen LogP contribution in [0.4, 0.5) is 11.4 Å². The number of fused-ring (bicyclic) bond motifs is 3. The monoisotopic (exact) mass is 731 g/mol. The zero-order chi connectivity index (χ0) is 37.8. The molecule has 1 N–H and O–H groups in total. The highest BCUT2D eigenvalue weighted by Gasteiger charge is 2.42. The predicted octanol–water partition coefficient (Wildman–Crippen LogP) is 7.38. The quantitative estimate of drug-likeness (QED) is 0.0381. The van der Waals surface area contributed by atoms with Gasteiger partial charge in [0.05, 0.1) is 36.4 Å². The minimum absolute atomic E-state index is 0.119. The van der Waals surface area contributed by atoms with Crippen LogP contribution in [0.25, 0.3) is 17.7 Å². The number of esters is 1. The molecule has 2 aliphatic rings. The molecule has 1 aliphatic carbocycles. The number of nitriles is 1. The average molecular weight is 732 g/mol. The number of quaternary nitrogens is 1. The average Bonchev–Trinajstić information content (AvgIpc) is 3.77. The molecule has 0 spiro atoms. The molecule has 4 aromatic carbocycles. The maximum absolute atomic E-state index is 12.5. The number of benzene rings is 4. The van der Waals surface area contributed by atoms with Gasteiger partial charge in [-0.2, -0.15) is 5.26 Å². The topological polar surface area (TPSA) is 115 Å². The summed E-state index contributed by atoms with van der Waals surface area (Å²) in [6.07, 6.45) is 6.87. The Labute approximate surface area is 314 Å². The smallest absolute Gasteiger partial charge is 0.348 e. The van der Waals surface area contributed by atoms with Gasteiger partial charge in [-0.15, -0.1) is 0 Å². The van der Waals surface area contributed by atoms with Crippen LogP contribution in [0, 0.1) is 11.3 Å². The second-order valence-corrected chi connectivity index (χ2v) is 14.9. The SMILES string of the molecule is CC[NH+](CC)CC.N#C/C(=C\c1ccc2c(c1)C1CCCC1N2c1ccc(C=C(c2ccccc2)c2ccccc2)cc1)C(=O)OCCCS(=O)(=O)[O-]. The molecule has 1 saturated carbocycles. The number of rotatable bonds is 13. The van der Waals surface area contributed by atoms with Gasteiger partial charge in [0.15, 0.2) is 0 Å². The van der Waals surface area contributed by atoms with Crippen molar-refractivity contribution < 1.29 is 27.4 Å². The minimum atomic E-state index is -4.39. The van der Waals surface area contributed by atoms with Crippen LogP contribution >= 0.6 is 0 Å². The van der Waals surface area contributed by atoms with Crippen LogP contribution in [-0.4, -0.2) is 57.0 Å². The lowest BCUT2D eigenvalue weighted by Gasteiger charge is -2.27. The molecule has 0 amide bonds. The number of carbonyl (C=O) groups excluding carboxylic acids is 1. The van der Waals surface area contributed by atoms with Crippen LogP contribution in [0.2, 0.25) is 0 Å². The molecule has 6 rings (SSSR count). The van der Waals surface area contributed by atoms with E-state index in [0.717, 1.165) is 58.5 Å². The fourth-order valence-electron chi connectivity index (χ4n) is 7.30. The van der Waals surface area contributed by atoms with Crippen LogP contribution in [0.15, 0.2) is 109 Å². The van der Waals surface area contributed by atoms with E-state index in [-0.39, 0.29) is 18.6 Å². The number of hydrogen-bond acceptors (Lipinski definition) is 7. The lowest BCUT2D eigenvalue weighted by atomic mass is 9.95. The Kier molecular flexibility index (Phi) is 13.8. The van der Waals surface area contributed by atoms with E-state index in [1.807, 2.05) is 24.3 Å². The third-order valence-electron chi connectivity index (χ3n) is 10.1. The zero-order valence-corrected chi connectivity index (χ0v) is 31.6. The molecule has 9 heteroatoms. The molecule has 0 saturated heterocycles. The van der Waals surface area contributed by atoms with Crippen molar-refractivity contribution in [3.05, 3.63) is 137 Å². The van der Waals surface area contributed by atoms with E-state index in [4.69, 9.17) is 4.74 Å². The molecule has 53 heavy (non-hydrogen) atoms. The molecule has 0 bridgehead atoms. The summed E-state index contributed by atoms with van der Waals surface area (Å²) in [5.41, 5.74) is 8.57. The van der Waals surface area contributed by atoms with Gasteiger partial charge in [-0.05, 0) is 110 Å². The molecule has 0 radical (unpaired) electrons. The van der Waals surface area contributed by atoms with Crippen molar-refractivity contribution in [1.82, 2.24) is 0 Å². The summed E-state index contributed by atoms with van der Waals surface area (Å²) in [5.74, 6) is -1.13. The van der Waals surface area contributed by atoms with Crippen molar-refractivity contribution >= 4 is 45.2 Å². The molecule has 276 valence electrons. The molecule has 1 heterocycles. The van der Waals surface area contributed by atoms with Crippen LogP contribution in [0.3, 0.4) is 0 Å². The Morgan fingerprint density at radius 1 is 0.868 bits per heavy atom. The second-order valence-electron chi connectivity index (χ2n) is 13.4. The van der Waals surface area contributed by atoms with Gasteiger partial charge in [-0.3, -0.25) is 0 Å². The number of nitrogens with one attached hydrogen (secondary N) is 1. The maximum Gasteiger partial charge on any atom is 0.348 e. The van der Waals surface area contributed by atoms with E-state index in [2.05, 4.69) is 117 Å². The van der Waals surface area contributed by atoms with E-state index < -0.39 is 21.8 Å². The second kappa shape index (κ2) is 18.7. The highest BCUT2D eigenvalue weighted by Crippen LogP contribution is 2.52. The predicted molar refractivity (Wildman–Crippen MR) is 212 cm³/mol. The summed E-state index contributed by atoms with van der Waals surface area (Å²) in [5, 5.41) is 9.61. The summed E-state index contributed by atoms with van der Waals surface area (Å²) in [6, 6.07) is 37.7. The largest absolute Gasteiger partial charge is 0.748 e. The molecule has 2 unspecified atom stereocenters. The summed E-state index contributed by atoms with van der Waals surface area (Å²) in [7, 11) is -4.39. The molecule has 8 nitrogen and oxygen atoms in total. The maximum atomic E-state index is 12.5. The van der Waals surface area contributed by atoms with Gasteiger partial charge in [0.25, 0.3) is 0 Å². The first-order valence-corrected chi connectivity index (χ1v) is 20.1. The Hall–Kier alpha value is -5.01. The summed E-state index contributed by atoms with van der Waals surface area (Å²) < 4.78 is 37.4. The molecule has 1 aliphatic heterocycles. The van der Waals surface area contributed by atoms with Crippen LogP contribution in [0.5, 0.6) is 0 Å². The minimum Gasteiger partial charge on any atom is -0.748 e. The molecule has 1 fully saturated rings. The summed E-state index contributed by atoms with van der Waals surface area (Å²) >= 11 is 0. The number of anilines is 2. The number of ether oxygens (including phenoxy) is 1. The zero-order valence-electron chi connectivity index (χ0n) is 30.8. The third kappa shape index (κ3) is 10.3. The standard InChI is InChI=1S/C38H34N2O5S.C6H15N/c39-26-31(38(41)45-21-8-22-46(42,43)44)23-28-17-20-37-35(25-28)33-13-7-14-36(33)40(37)32-18-15-27(16-19-32)24-34(29-9-3-1-4-10-29)30-11-5-2-6-12-30;1-4-7(5-2)6-3/h1-6,9-12,15-20,23-25,33,36H,7-8,13-14,21-22H2,(H,42,43,44);4-6H2,1-3H3/b31-23+;. The summed E-state index contributed by atoms with van der Waals surface area (Å²) in [6.45, 7) is 10.2. The van der Waals surface area contributed by atoms with E-state index in [0.29, 0.717) is 12.0 Å². The highest BCUT2D eigenvalue weighted by atomic mass is 32.2. The number of carbonyl (C=O) groups is 1. The number of hydrogen-bond donors (Lipinski definition) is 1. The van der Waals surface area contributed by atoms with E-state index in [1.165, 1.54) is 31.3 Å². The van der Waals surface area contributed by atoms with Crippen molar-refractivity contribution in [3.8, 4) is 6.07 Å². The van der Waals surface area contributed by atoms with Crippen molar-refractivity contribution in [3.63, 3.8) is 0 Å². The first kappa shape index (κ1) is 39.2. The van der Waals surface area contributed by atoms with Crippen molar-refractivity contribution in [1.29, 1.82) is 5.26 Å². The summed E-state index contributed by atoms with van der Waals surface area (Å²) in [4.78, 5) is 16.6.